The number of hydrogen-bond donors (Lipinski definition) is 0. The smallest absolute Gasteiger partial charge is 0.416 e. The number of carbonyl (C=O) groups is 2. The molecular weight excluding hydrogens is 483 g/mol. The lowest BCUT2D eigenvalue weighted by Crippen LogP contribution is -2.23. The largest absolute Gasteiger partial charge is 0.466 e. The molecule has 5 nitrogen and oxygen atoms in total. The fourth-order valence-corrected chi connectivity index (χ4v) is 4.45. The Hall–Kier alpha value is -4.33. The highest BCUT2D eigenvalue weighted by molar-refractivity contribution is 6.10. The Bertz CT molecular complexity index is 1520. The van der Waals surface area contributed by atoms with E-state index in [1.807, 2.05) is 36.4 Å². The van der Waals surface area contributed by atoms with Crippen LogP contribution in [0.15, 0.2) is 71.3 Å². The average molecular weight is 505 g/mol. The van der Waals surface area contributed by atoms with E-state index in [2.05, 4.69) is 0 Å². The van der Waals surface area contributed by atoms with Gasteiger partial charge in [0, 0.05) is 22.2 Å². The number of anilines is 1. The molecule has 0 saturated heterocycles. The summed E-state index contributed by atoms with van der Waals surface area (Å²) in [6.45, 7) is 2.34. The van der Waals surface area contributed by atoms with Crippen LogP contribution in [0.5, 0.6) is 0 Å². The molecule has 0 radical (unpaired) electrons. The van der Waals surface area contributed by atoms with E-state index in [-0.39, 0.29) is 24.8 Å². The van der Waals surface area contributed by atoms with Crippen LogP contribution in [0, 0.1) is 0 Å². The van der Waals surface area contributed by atoms with Crippen molar-refractivity contribution in [2.24, 2.45) is 0 Å². The average Bonchev–Trinajstić information content (AvgIpc) is 3.43. The maximum Gasteiger partial charge on any atom is 0.416 e. The third kappa shape index (κ3) is 4.87. The highest BCUT2D eigenvalue weighted by Crippen LogP contribution is 2.34. The van der Waals surface area contributed by atoms with Gasteiger partial charge >= 0.3 is 12.1 Å². The lowest BCUT2D eigenvalue weighted by Gasteiger charge is -2.17. The van der Waals surface area contributed by atoms with Crippen LogP contribution in [0.4, 0.5) is 18.9 Å². The molecule has 0 saturated carbocycles. The fourth-order valence-electron chi connectivity index (χ4n) is 4.45. The summed E-state index contributed by atoms with van der Waals surface area (Å²) in [5.41, 5.74) is 4.08. The molecule has 0 spiro atoms. The summed E-state index contributed by atoms with van der Waals surface area (Å²) < 4.78 is 49.4. The Balaban J connectivity index is 1.36. The number of carbonyl (C=O) groups excluding carboxylic acids is 2. The standard InChI is InChI=1S/C29H22F3NO4/c1-2-36-27(34)15-20-17-37-26-14-18(7-13-23(20)26)6-8-19-4-3-5-24-25(19)16-33(28(24)35)22-11-9-21(10-12-22)29(30,31)32/h3-14,17H,2,15-16H2,1H3/b8-6+. The number of hydrogen-bond acceptors (Lipinski definition) is 4. The van der Waals surface area contributed by atoms with Crippen molar-refractivity contribution in [2.45, 2.75) is 26.1 Å². The van der Waals surface area contributed by atoms with E-state index in [1.165, 1.54) is 17.0 Å². The number of fused-ring (bicyclic) bond motifs is 2. The van der Waals surface area contributed by atoms with Crippen LogP contribution in [0.2, 0.25) is 0 Å². The molecule has 2 heterocycles. The first-order chi connectivity index (χ1) is 17.7. The lowest BCUT2D eigenvalue weighted by molar-refractivity contribution is -0.142. The summed E-state index contributed by atoms with van der Waals surface area (Å²) in [4.78, 5) is 26.3. The van der Waals surface area contributed by atoms with E-state index in [9.17, 15) is 22.8 Å². The summed E-state index contributed by atoms with van der Waals surface area (Å²) in [6.07, 6.45) is 1.05. The number of halogens is 3. The number of rotatable bonds is 6. The van der Waals surface area contributed by atoms with Crippen molar-refractivity contribution in [3.63, 3.8) is 0 Å². The Morgan fingerprint density at radius 3 is 2.59 bits per heavy atom. The molecule has 0 N–H and O–H groups in total. The summed E-state index contributed by atoms with van der Waals surface area (Å²) in [5, 5.41) is 0.837. The number of nitrogens with zero attached hydrogens (tertiary/aromatic N) is 1. The predicted octanol–water partition coefficient (Wildman–Crippen LogP) is 6.89. The zero-order chi connectivity index (χ0) is 26.2. The van der Waals surface area contributed by atoms with Gasteiger partial charge in [-0.2, -0.15) is 13.2 Å². The van der Waals surface area contributed by atoms with Crippen molar-refractivity contribution in [2.75, 3.05) is 11.5 Å². The van der Waals surface area contributed by atoms with E-state index in [0.29, 0.717) is 23.4 Å². The molecule has 8 heteroatoms. The molecule has 5 rings (SSSR count). The first-order valence-electron chi connectivity index (χ1n) is 11.7. The first-order valence-corrected chi connectivity index (χ1v) is 11.7. The van der Waals surface area contributed by atoms with Crippen molar-refractivity contribution in [1.82, 2.24) is 0 Å². The van der Waals surface area contributed by atoms with Gasteiger partial charge in [0.2, 0.25) is 0 Å². The van der Waals surface area contributed by atoms with Gasteiger partial charge in [0.05, 0.1) is 31.4 Å². The molecule has 0 unspecified atom stereocenters. The fraction of sp³-hybridized carbons (Fsp3) is 0.172. The number of esters is 1. The molecule has 0 fully saturated rings. The first kappa shape index (κ1) is 24.4. The number of amides is 1. The van der Waals surface area contributed by atoms with Crippen molar-refractivity contribution < 1.29 is 31.9 Å². The molecule has 1 aliphatic heterocycles. The monoisotopic (exact) mass is 505 g/mol. The van der Waals surface area contributed by atoms with Gasteiger partial charge < -0.3 is 14.1 Å². The SMILES string of the molecule is CCOC(=O)Cc1coc2cc(/C=C/c3cccc4c3CN(c3ccc(C(F)(F)F)cc3)C4=O)ccc12. The molecule has 4 aromatic rings. The second-order valence-electron chi connectivity index (χ2n) is 8.64. The highest BCUT2D eigenvalue weighted by Gasteiger charge is 2.32. The van der Waals surface area contributed by atoms with E-state index in [0.717, 1.165) is 39.8 Å². The van der Waals surface area contributed by atoms with Crippen LogP contribution in [-0.4, -0.2) is 18.5 Å². The predicted molar refractivity (Wildman–Crippen MR) is 134 cm³/mol. The topological polar surface area (TPSA) is 59.8 Å². The summed E-state index contributed by atoms with van der Waals surface area (Å²) >= 11 is 0. The maximum atomic E-state index is 13.0. The molecule has 3 aromatic carbocycles. The molecule has 1 aliphatic rings. The molecule has 1 amide bonds. The van der Waals surface area contributed by atoms with Gasteiger partial charge in [-0.25, -0.2) is 0 Å². The van der Waals surface area contributed by atoms with E-state index < -0.39 is 11.7 Å². The van der Waals surface area contributed by atoms with Crippen molar-refractivity contribution in [3.8, 4) is 0 Å². The van der Waals surface area contributed by atoms with Crippen molar-refractivity contribution in [3.05, 3.63) is 100 Å². The van der Waals surface area contributed by atoms with E-state index in [4.69, 9.17) is 9.15 Å². The molecule has 0 bridgehead atoms. The van der Waals surface area contributed by atoms with Crippen LogP contribution < -0.4 is 4.90 Å². The highest BCUT2D eigenvalue weighted by atomic mass is 19.4. The van der Waals surface area contributed by atoms with Gasteiger partial charge in [0.1, 0.15) is 5.58 Å². The minimum absolute atomic E-state index is 0.135. The third-order valence-electron chi connectivity index (χ3n) is 6.29. The van der Waals surface area contributed by atoms with Gasteiger partial charge in [-0.1, -0.05) is 36.4 Å². The molecule has 1 aromatic heterocycles. The van der Waals surface area contributed by atoms with Gasteiger partial charge in [-0.3, -0.25) is 9.59 Å². The Kier molecular flexibility index (Phi) is 6.33. The van der Waals surface area contributed by atoms with Crippen LogP contribution in [0.3, 0.4) is 0 Å². The summed E-state index contributed by atoms with van der Waals surface area (Å²) in [7, 11) is 0. The van der Waals surface area contributed by atoms with Gasteiger partial charge in [0.25, 0.3) is 5.91 Å². The Morgan fingerprint density at radius 2 is 1.86 bits per heavy atom. The maximum absolute atomic E-state index is 13.0. The van der Waals surface area contributed by atoms with E-state index >= 15 is 0 Å². The lowest BCUT2D eigenvalue weighted by atomic mass is 10.0. The van der Waals surface area contributed by atoms with Gasteiger partial charge in [-0.15, -0.1) is 0 Å². The Morgan fingerprint density at radius 1 is 1.08 bits per heavy atom. The second-order valence-corrected chi connectivity index (χ2v) is 8.64. The van der Waals surface area contributed by atoms with E-state index in [1.54, 1.807) is 25.3 Å². The Labute approximate surface area is 210 Å². The van der Waals surface area contributed by atoms with Crippen LogP contribution in [0.1, 0.15) is 45.1 Å². The van der Waals surface area contributed by atoms with Crippen LogP contribution in [-0.2, 0) is 28.7 Å². The summed E-state index contributed by atoms with van der Waals surface area (Å²) in [5.74, 6) is -0.567. The molecule has 188 valence electrons. The van der Waals surface area contributed by atoms with Crippen molar-refractivity contribution in [1.29, 1.82) is 0 Å². The third-order valence-corrected chi connectivity index (χ3v) is 6.29. The summed E-state index contributed by atoms with van der Waals surface area (Å²) in [6, 6.07) is 15.6. The second kappa shape index (κ2) is 9.61. The number of alkyl halides is 3. The molecule has 0 atom stereocenters. The van der Waals surface area contributed by atoms with Gasteiger partial charge in [0.15, 0.2) is 0 Å². The number of furan rings is 1. The zero-order valence-electron chi connectivity index (χ0n) is 19.8. The minimum Gasteiger partial charge on any atom is -0.466 e. The zero-order valence-corrected chi connectivity index (χ0v) is 19.8. The van der Waals surface area contributed by atoms with Gasteiger partial charge in [-0.05, 0) is 60.0 Å². The van der Waals surface area contributed by atoms with Crippen molar-refractivity contribution >= 4 is 40.7 Å². The minimum atomic E-state index is -4.43. The molecule has 37 heavy (non-hydrogen) atoms. The number of ether oxygens (including phenoxy) is 1. The quantitative estimate of drug-likeness (QED) is 0.212. The molecular formula is C29H22F3NO4. The number of benzene rings is 3. The molecule has 0 aliphatic carbocycles. The van der Waals surface area contributed by atoms with Crippen LogP contribution in [0.25, 0.3) is 23.1 Å². The van der Waals surface area contributed by atoms with Crippen LogP contribution >= 0.6 is 0 Å². The normalized spacial score (nSPS) is 13.5.